The van der Waals surface area contributed by atoms with Crippen LogP contribution in [0.15, 0.2) is 24.3 Å². The Kier molecular flexibility index (Phi) is 9.94. The van der Waals surface area contributed by atoms with E-state index in [1.165, 1.54) is 6.92 Å². The number of urea groups is 1. The molecule has 0 aliphatic carbocycles. The molecule has 0 saturated heterocycles. The molecule has 2 atom stereocenters. The number of esters is 1. The Balaban J connectivity index is 2.69. The Hall–Kier alpha value is -2.46. The van der Waals surface area contributed by atoms with Crippen molar-refractivity contribution in [2.75, 3.05) is 11.9 Å². The zero-order chi connectivity index (χ0) is 22.9. The van der Waals surface area contributed by atoms with Crippen LogP contribution in [0.1, 0.15) is 46.6 Å². The van der Waals surface area contributed by atoms with Crippen LogP contribution in [0.25, 0.3) is 0 Å². The van der Waals surface area contributed by atoms with Gasteiger partial charge >= 0.3 is 12.0 Å². The van der Waals surface area contributed by atoms with E-state index in [2.05, 4.69) is 16.0 Å². The molecule has 10 heteroatoms. The first-order valence-corrected chi connectivity index (χ1v) is 10.9. The average Bonchev–Trinajstić information content (AvgIpc) is 2.59. The summed E-state index contributed by atoms with van der Waals surface area (Å²) in [6.07, 6.45) is 0.425. The maximum Gasteiger partial charge on any atom is 0.319 e. The minimum absolute atomic E-state index is 0.00675. The highest BCUT2D eigenvalue weighted by Crippen LogP contribution is 2.12. The number of hydrogen-bond donors (Lipinski definition) is 4. The van der Waals surface area contributed by atoms with Crippen molar-refractivity contribution in [2.24, 2.45) is 5.92 Å². The van der Waals surface area contributed by atoms with Crippen LogP contribution in [-0.4, -0.2) is 44.9 Å². The highest BCUT2D eigenvalue weighted by atomic mass is 32.2. The first-order valence-electron chi connectivity index (χ1n) is 9.59. The van der Waals surface area contributed by atoms with Crippen LogP contribution in [0.3, 0.4) is 0 Å². The van der Waals surface area contributed by atoms with Crippen molar-refractivity contribution in [3.8, 4) is 0 Å². The smallest absolute Gasteiger partial charge is 0.319 e. The largest absolute Gasteiger partial charge is 0.458 e. The fourth-order valence-electron chi connectivity index (χ4n) is 2.70. The van der Waals surface area contributed by atoms with Gasteiger partial charge in [-0.1, -0.05) is 26.0 Å². The molecule has 0 heterocycles. The van der Waals surface area contributed by atoms with Gasteiger partial charge in [-0.25, -0.2) is 9.00 Å². The first kappa shape index (κ1) is 25.6. The van der Waals surface area contributed by atoms with E-state index in [0.29, 0.717) is 17.7 Å². The molecule has 168 valence electrons. The lowest BCUT2D eigenvalue weighted by Crippen LogP contribution is -2.51. The highest BCUT2D eigenvalue weighted by Gasteiger charge is 2.26. The molecule has 1 rings (SSSR count). The van der Waals surface area contributed by atoms with Crippen LogP contribution in [0.2, 0.25) is 0 Å². The Morgan fingerprint density at radius 3 is 2.27 bits per heavy atom. The number of rotatable bonds is 10. The molecule has 1 aromatic carbocycles. The van der Waals surface area contributed by atoms with E-state index in [-0.39, 0.29) is 24.1 Å². The van der Waals surface area contributed by atoms with Crippen molar-refractivity contribution in [1.82, 2.24) is 10.6 Å². The van der Waals surface area contributed by atoms with E-state index >= 15 is 0 Å². The molecular formula is C20H31N3O6S. The summed E-state index contributed by atoms with van der Waals surface area (Å²) in [7, 11) is 0. The van der Waals surface area contributed by atoms with Gasteiger partial charge in [0.15, 0.2) is 11.1 Å². The molecule has 3 amide bonds. The summed E-state index contributed by atoms with van der Waals surface area (Å²) in [5, 5.41) is 8.02. The standard InChI is InChI=1S/C20H31N3O6S/c1-13(2)10-17(18(25)21-12-20(4,5)29-14(3)24)23-19(26)22-16-8-6-15(7-9-16)11-30(27)28/h6-9,13,17H,10-12H2,1-5H3,(H,21,25)(H,27,28)(H2,22,23,26)/t17-/m0/s1. The highest BCUT2D eigenvalue weighted by molar-refractivity contribution is 7.78. The Morgan fingerprint density at radius 1 is 1.17 bits per heavy atom. The third-order valence-electron chi connectivity index (χ3n) is 3.94. The molecule has 30 heavy (non-hydrogen) atoms. The monoisotopic (exact) mass is 441 g/mol. The number of carbonyl (C=O) groups excluding carboxylic acids is 3. The van der Waals surface area contributed by atoms with Crippen molar-refractivity contribution in [1.29, 1.82) is 0 Å². The third kappa shape index (κ3) is 10.4. The van der Waals surface area contributed by atoms with Crippen LogP contribution in [0.4, 0.5) is 10.5 Å². The van der Waals surface area contributed by atoms with Crippen LogP contribution < -0.4 is 16.0 Å². The first-order chi connectivity index (χ1) is 13.9. The van der Waals surface area contributed by atoms with E-state index in [0.717, 1.165) is 0 Å². The second kappa shape index (κ2) is 11.7. The van der Waals surface area contributed by atoms with Gasteiger partial charge in [0.1, 0.15) is 11.6 Å². The minimum Gasteiger partial charge on any atom is -0.458 e. The van der Waals surface area contributed by atoms with Crippen LogP contribution >= 0.6 is 0 Å². The van der Waals surface area contributed by atoms with Gasteiger partial charge in [0.2, 0.25) is 5.91 Å². The average molecular weight is 442 g/mol. The van der Waals surface area contributed by atoms with Crippen molar-refractivity contribution in [3.63, 3.8) is 0 Å². The lowest BCUT2D eigenvalue weighted by molar-refractivity contribution is -0.154. The summed E-state index contributed by atoms with van der Waals surface area (Å²) < 4.78 is 24.9. The normalized spacial score (nSPS) is 13.3. The van der Waals surface area contributed by atoms with E-state index in [1.54, 1.807) is 38.1 Å². The predicted molar refractivity (Wildman–Crippen MR) is 115 cm³/mol. The van der Waals surface area contributed by atoms with E-state index in [1.807, 2.05) is 13.8 Å². The molecule has 4 N–H and O–H groups in total. The van der Waals surface area contributed by atoms with Gasteiger partial charge in [-0.3, -0.25) is 9.59 Å². The molecule has 0 bridgehead atoms. The van der Waals surface area contributed by atoms with Gasteiger partial charge in [-0.05, 0) is 43.9 Å². The summed E-state index contributed by atoms with van der Waals surface area (Å²) in [6, 6.07) is 5.18. The molecule has 9 nitrogen and oxygen atoms in total. The number of nitrogens with one attached hydrogen (secondary N) is 3. The van der Waals surface area contributed by atoms with Crippen molar-refractivity contribution in [2.45, 2.75) is 58.4 Å². The summed E-state index contributed by atoms with van der Waals surface area (Å²) in [5.74, 6) is -0.657. The summed E-state index contributed by atoms with van der Waals surface area (Å²) in [6.45, 7) is 8.65. The Morgan fingerprint density at radius 2 is 1.77 bits per heavy atom. The van der Waals surface area contributed by atoms with Crippen LogP contribution in [0.5, 0.6) is 0 Å². The molecular weight excluding hydrogens is 410 g/mol. The number of ether oxygens (including phenoxy) is 1. The van der Waals surface area contributed by atoms with Gasteiger partial charge in [-0.15, -0.1) is 0 Å². The Bertz CT molecular complexity index is 764. The lowest BCUT2D eigenvalue weighted by atomic mass is 10.0. The molecule has 0 fully saturated rings. The van der Waals surface area contributed by atoms with Gasteiger partial charge < -0.3 is 25.2 Å². The van der Waals surface area contributed by atoms with Gasteiger partial charge in [0, 0.05) is 12.6 Å². The van der Waals surface area contributed by atoms with E-state index in [4.69, 9.17) is 9.29 Å². The zero-order valence-electron chi connectivity index (χ0n) is 18.0. The Labute approximate surface area is 179 Å². The minimum atomic E-state index is -1.94. The second-order valence-corrected chi connectivity index (χ2v) is 8.95. The second-order valence-electron chi connectivity index (χ2n) is 8.01. The number of hydrogen-bond acceptors (Lipinski definition) is 5. The molecule has 0 saturated carbocycles. The van der Waals surface area contributed by atoms with E-state index < -0.39 is 34.7 Å². The topological polar surface area (TPSA) is 134 Å². The number of carbonyl (C=O) groups is 3. The fraction of sp³-hybridized carbons (Fsp3) is 0.550. The zero-order valence-corrected chi connectivity index (χ0v) is 18.8. The summed E-state index contributed by atoms with van der Waals surface area (Å²) >= 11 is -1.94. The quantitative estimate of drug-likeness (QED) is 0.325. The molecule has 0 spiro atoms. The predicted octanol–water partition coefficient (Wildman–Crippen LogP) is 2.40. The SMILES string of the molecule is CC(=O)OC(C)(C)CNC(=O)[C@H](CC(C)C)NC(=O)Nc1ccc(CS(=O)O)cc1. The fourth-order valence-corrected chi connectivity index (χ4v) is 3.18. The number of amides is 3. The summed E-state index contributed by atoms with van der Waals surface area (Å²) in [4.78, 5) is 36.1. The van der Waals surface area contributed by atoms with Crippen LogP contribution in [0, 0.1) is 5.92 Å². The van der Waals surface area contributed by atoms with Gasteiger partial charge in [0.25, 0.3) is 0 Å². The van der Waals surface area contributed by atoms with E-state index in [9.17, 15) is 18.6 Å². The molecule has 0 aliphatic heterocycles. The molecule has 0 radical (unpaired) electrons. The molecule has 1 aromatic rings. The molecule has 0 aliphatic rings. The number of benzene rings is 1. The van der Waals surface area contributed by atoms with Crippen LogP contribution in [-0.2, 0) is 31.2 Å². The number of anilines is 1. The molecule has 1 unspecified atom stereocenters. The summed E-state index contributed by atoms with van der Waals surface area (Å²) in [5.41, 5.74) is 0.278. The maximum absolute atomic E-state index is 12.6. The third-order valence-corrected chi connectivity index (χ3v) is 4.52. The van der Waals surface area contributed by atoms with Crippen molar-refractivity contribution >= 4 is 34.7 Å². The van der Waals surface area contributed by atoms with Crippen molar-refractivity contribution in [3.05, 3.63) is 29.8 Å². The van der Waals surface area contributed by atoms with Crippen molar-refractivity contribution < 1.29 is 27.9 Å². The maximum atomic E-state index is 12.6. The lowest BCUT2D eigenvalue weighted by Gasteiger charge is -2.27. The van der Waals surface area contributed by atoms with Gasteiger partial charge in [0.05, 0.1) is 12.3 Å². The van der Waals surface area contributed by atoms with Gasteiger partial charge in [-0.2, -0.15) is 0 Å². The molecule has 0 aromatic heterocycles.